The number of thioether (sulfide) groups is 1. The summed E-state index contributed by atoms with van der Waals surface area (Å²) in [7, 11) is 0. The highest BCUT2D eigenvalue weighted by Crippen LogP contribution is 2.17. The third-order valence-corrected chi connectivity index (χ3v) is 3.49. The molecule has 0 unspecified atom stereocenters. The molecule has 0 atom stereocenters. The molecule has 0 aliphatic carbocycles. The van der Waals surface area contributed by atoms with E-state index >= 15 is 0 Å². The van der Waals surface area contributed by atoms with Crippen LogP contribution in [0.15, 0.2) is 53.7 Å². The highest BCUT2D eigenvalue weighted by atomic mass is 32.2. The van der Waals surface area contributed by atoms with Crippen LogP contribution in [0.4, 0.5) is 5.69 Å². The minimum absolute atomic E-state index is 0.970. The number of benzene rings is 1. The lowest BCUT2D eigenvalue weighted by atomic mass is 10.2. The molecule has 0 amide bonds. The van der Waals surface area contributed by atoms with Crippen molar-refractivity contribution >= 4 is 17.4 Å². The van der Waals surface area contributed by atoms with Gasteiger partial charge in [-0.25, -0.2) is 0 Å². The van der Waals surface area contributed by atoms with E-state index in [0.717, 1.165) is 12.3 Å². The molecule has 88 valence electrons. The number of hydrogen-bond acceptors (Lipinski definition) is 3. The molecule has 0 bridgehead atoms. The van der Waals surface area contributed by atoms with Gasteiger partial charge in [-0.05, 0) is 30.7 Å². The van der Waals surface area contributed by atoms with Gasteiger partial charge in [0.15, 0.2) is 0 Å². The van der Waals surface area contributed by atoms with Gasteiger partial charge in [-0.3, -0.25) is 4.98 Å². The van der Waals surface area contributed by atoms with Crippen LogP contribution in [-0.4, -0.2) is 17.3 Å². The molecule has 0 radical (unpaired) electrons. The number of rotatable bonds is 5. The average Bonchev–Trinajstić information content (AvgIpc) is 2.38. The molecule has 0 saturated carbocycles. The van der Waals surface area contributed by atoms with Gasteiger partial charge in [0, 0.05) is 35.3 Å². The van der Waals surface area contributed by atoms with Crippen molar-refractivity contribution in [2.45, 2.75) is 11.8 Å². The number of hydrogen-bond donors (Lipinski definition) is 1. The minimum atomic E-state index is 0.970. The maximum atomic E-state index is 4.00. The molecule has 0 spiro atoms. The predicted octanol–water partition coefficient (Wildman–Crippen LogP) is 3.59. The summed E-state index contributed by atoms with van der Waals surface area (Å²) in [4.78, 5) is 5.27. The van der Waals surface area contributed by atoms with Crippen molar-refractivity contribution in [2.75, 3.05) is 17.6 Å². The van der Waals surface area contributed by atoms with Crippen LogP contribution in [0.25, 0.3) is 0 Å². The lowest BCUT2D eigenvalue weighted by molar-refractivity contribution is 1.20. The largest absolute Gasteiger partial charge is 0.384 e. The first-order valence-corrected chi connectivity index (χ1v) is 6.67. The molecule has 0 fully saturated rings. The quantitative estimate of drug-likeness (QED) is 0.642. The van der Waals surface area contributed by atoms with Gasteiger partial charge in [0.25, 0.3) is 0 Å². The van der Waals surface area contributed by atoms with Crippen molar-refractivity contribution in [2.24, 2.45) is 0 Å². The van der Waals surface area contributed by atoms with Crippen LogP contribution in [0.2, 0.25) is 0 Å². The van der Waals surface area contributed by atoms with Crippen LogP contribution >= 0.6 is 11.8 Å². The number of para-hydroxylation sites is 1. The molecule has 2 rings (SSSR count). The second-order valence-electron chi connectivity index (χ2n) is 3.77. The second-order valence-corrected chi connectivity index (χ2v) is 4.94. The Morgan fingerprint density at radius 2 is 1.88 bits per heavy atom. The Hall–Kier alpha value is -1.48. The van der Waals surface area contributed by atoms with Gasteiger partial charge < -0.3 is 5.32 Å². The Labute approximate surface area is 106 Å². The Morgan fingerprint density at radius 3 is 2.65 bits per heavy atom. The molecule has 0 aliphatic rings. The topological polar surface area (TPSA) is 24.9 Å². The minimum Gasteiger partial charge on any atom is -0.384 e. The molecule has 2 aromatic rings. The number of anilines is 1. The van der Waals surface area contributed by atoms with Crippen molar-refractivity contribution in [3.8, 4) is 0 Å². The molecular formula is C14H16N2S. The van der Waals surface area contributed by atoms with Gasteiger partial charge >= 0.3 is 0 Å². The lowest BCUT2D eigenvalue weighted by Gasteiger charge is -2.08. The van der Waals surface area contributed by atoms with Gasteiger partial charge in [0.1, 0.15) is 0 Å². The molecule has 1 aromatic heterocycles. The van der Waals surface area contributed by atoms with Crippen LogP contribution in [0.5, 0.6) is 0 Å². The molecular weight excluding hydrogens is 228 g/mol. The summed E-state index contributed by atoms with van der Waals surface area (Å²) in [6, 6.07) is 12.4. The smallest absolute Gasteiger partial charge is 0.0370 e. The van der Waals surface area contributed by atoms with E-state index < -0.39 is 0 Å². The summed E-state index contributed by atoms with van der Waals surface area (Å²) in [6.45, 7) is 3.09. The van der Waals surface area contributed by atoms with E-state index in [1.807, 2.05) is 36.3 Å². The Kier molecular flexibility index (Phi) is 4.45. The average molecular weight is 244 g/mol. The van der Waals surface area contributed by atoms with Crippen molar-refractivity contribution in [3.05, 3.63) is 54.4 Å². The fraction of sp³-hybridized carbons (Fsp3) is 0.214. The summed E-state index contributed by atoms with van der Waals surface area (Å²) >= 11 is 1.84. The van der Waals surface area contributed by atoms with Crippen LogP contribution in [0, 0.1) is 6.92 Å². The summed E-state index contributed by atoms with van der Waals surface area (Å²) in [5, 5.41) is 3.45. The predicted molar refractivity (Wildman–Crippen MR) is 74.6 cm³/mol. The van der Waals surface area contributed by atoms with Crippen molar-refractivity contribution in [1.29, 1.82) is 0 Å². The molecule has 1 heterocycles. The monoisotopic (exact) mass is 244 g/mol. The molecule has 0 saturated heterocycles. The fourth-order valence-electron chi connectivity index (χ4n) is 1.56. The standard InChI is InChI=1S/C14H16N2S/c1-12-4-2-3-5-14(12)16-10-11-17-13-6-8-15-9-7-13/h2-9,16H,10-11H2,1H3. The first kappa shape index (κ1) is 12.0. The maximum Gasteiger partial charge on any atom is 0.0370 e. The van der Waals surface area contributed by atoms with E-state index in [1.165, 1.54) is 16.1 Å². The van der Waals surface area contributed by atoms with Crippen LogP contribution in [0.3, 0.4) is 0 Å². The van der Waals surface area contributed by atoms with Gasteiger partial charge in [0.05, 0.1) is 0 Å². The van der Waals surface area contributed by atoms with E-state index in [1.54, 1.807) is 0 Å². The highest BCUT2D eigenvalue weighted by Gasteiger charge is 1.96. The Bertz CT molecular complexity index is 457. The summed E-state index contributed by atoms with van der Waals surface area (Å²) in [6.07, 6.45) is 3.66. The SMILES string of the molecule is Cc1ccccc1NCCSc1ccncc1. The molecule has 2 nitrogen and oxygen atoms in total. The number of nitrogens with zero attached hydrogens (tertiary/aromatic N) is 1. The van der Waals surface area contributed by atoms with Crippen LogP contribution in [0.1, 0.15) is 5.56 Å². The third kappa shape index (κ3) is 3.79. The van der Waals surface area contributed by atoms with Crippen molar-refractivity contribution in [1.82, 2.24) is 4.98 Å². The molecule has 3 heteroatoms. The molecule has 1 aromatic carbocycles. The lowest BCUT2D eigenvalue weighted by Crippen LogP contribution is -2.04. The number of nitrogens with one attached hydrogen (secondary N) is 1. The first-order valence-electron chi connectivity index (χ1n) is 5.68. The summed E-state index contributed by atoms with van der Waals surface area (Å²) in [5.74, 6) is 1.05. The Morgan fingerprint density at radius 1 is 1.12 bits per heavy atom. The molecule has 0 aliphatic heterocycles. The zero-order valence-corrected chi connectivity index (χ0v) is 10.7. The van der Waals surface area contributed by atoms with Gasteiger partial charge in [0.2, 0.25) is 0 Å². The van der Waals surface area contributed by atoms with Crippen molar-refractivity contribution in [3.63, 3.8) is 0 Å². The molecule has 17 heavy (non-hydrogen) atoms. The highest BCUT2D eigenvalue weighted by molar-refractivity contribution is 7.99. The number of aromatic nitrogens is 1. The summed E-state index contributed by atoms with van der Waals surface area (Å²) in [5.41, 5.74) is 2.52. The zero-order valence-electron chi connectivity index (χ0n) is 9.89. The van der Waals surface area contributed by atoms with Crippen molar-refractivity contribution < 1.29 is 0 Å². The zero-order chi connectivity index (χ0) is 11.9. The van der Waals surface area contributed by atoms with E-state index in [9.17, 15) is 0 Å². The third-order valence-electron chi connectivity index (χ3n) is 2.48. The second kappa shape index (κ2) is 6.30. The summed E-state index contributed by atoms with van der Waals surface area (Å²) < 4.78 is 0. The normalized spacial score (nSPS) is 10.2. The number of pyridine rings is 1. The van der Waals surface area contributed by atoms with Crippen LogP contribution < -0.4 is 5.32 Å². The van der Waals surface area contributed by atoms with Gasteiger partial charge in [-0.1, -0.05) is 18.2 Å². The first-order chi connectivity index (χ1) is 8.36. The fourth-order valence-corrected chi connectivity index (χ4v) is 2.31. The van der Waals surface area contributed by atoms with Gasteiger partial charge in [-0.2, -0.15) is 0 Å². The van der Waals surface area contributed by atoms with E-state index in [4.69, 9.17) is 0 Å². The van der Waals surface area contributed by atoms with E-state index in [-0.39, 0.29) is 0 Å². The number of aryl methyl sites for hydroxylation is 1. The van der Waals surface area contributed by atoms with E-state index in [0.29, 0.717) is 0 Å². The Balaban J connectivity index is 1.76. The molecule has 1 N–H and O–H groups in total. The van der Waals surface area contributed by atoms with E-state index in [2.05, 4.69) is 41.5 Å². The van der Waals surface area contributed by atoms with Gasteiger partial charge in [-0.15, -0.1) is 11.8 Å². The maximum absolute atomic E-state index is 4.00. The van der Waals surface area contributed by atoms with Crippen LogP contribution in [-0.2, 0) is 0 Å².